The molecule has 12 heavy (non-hydrogen) atoms. The number of nitrogens with two attached hydrogens (primary N) is 2. The third kappa shape index (κ3) is 97.3. The SMILES string of the molecule is NC=[NH2+].[Au+3].[Bi+3].[I-].[I-].[I-].[I-].[I-].[I-].[I-]. The van der Waals surface area contributed by atoms with Gasteiger partial charge in [0.2, 0.25) is 6.34 Å². The standard InChI is InChI=1S/CH4N2.Au.Bi.7HI/c2-1-3;;;;;;;;;/h1H,(H3,2,3);;;7*1H/q;2*+3;;;;;;;/p-6. The van der Waals surface area contributed by atoms with E-state index in [2.05, 4.69) is 11.1 Å². The van der Waals surface area contributed by atoms with E-state index < -0.39 is 0 Å². The molecule has 0 heterocycles. The second kappa shape index (κ2) is 87.0. The summed E-state index contributed by atoms with van der Waals surface area (Å²) < 4.78 is 0. The Morgan fingerprint density at radius 3 is 0.750 bits per heavy atom. The number of rotatable bonds is 0. The molecule has 0 amide bonds. The molecule has 4 N–H and O–H groups in total. The summed E-state index contributed by atoms with van der Waals surface area (Å²) in [7, 11) is 0. The van der Waals surface area contributed by atoms with Gasteiger partial charge in [-0.2, -0.15) is 0 Å². The molecule has 0 unspecified atom stereocenters. The van der Waals surface area contributed by atoms with Crippen molar-refractivity contribution in [2.45, 2.75) is 0 Å². The van der Waals surface area contributed by atoms with Crippen LogP contribution < -0.4 is 179 Å². The van der Waals surface area contributed by atoms with Gasteiger partial charge in [0.05, 0.1) is 0 Å². The first-order valence-corrected chi connectivity index (χ1v) is 0.667. The molecular weight excluding hydrogens is 1330 g/mol. The minimum absolute atomic E-state index is 0. The first-order valence-electron chi connectivity index (χ1n) is 0.667. The average Bonchev–Trinajstić information content (AvgIpc) is 0.918. The summed E-state index contributed by atoms with van der Waals surface area (Å²) >= 11 is 0. The van der Waals surface area contributed by atoms with E-state index in [-0.39, 0.29) is 216 Å². The van der Waals surface area contributed by atoms with Crippen molar-refractivity contribution < 1.29 is 196 Å². The fraction of sp³-hybridized carbons (Fsp3) is 0. The molecule has 0 spiro atoms. The fourth-order valence-corrected chi connectivity index (χ4v) is 0. The topological polar surface area (TPSA) is 51.6 Å². The predicted molar refractivity (Wildman–Crippen MR) is 17.9 cm³/mol. The summed E-state index contributed by atoms with van der Waals surface area (Å²) in [5.74, 6) is 0. The van der Waals surface area contributed by atoms with E-state index in [0.29, 0.717) is 0 Å². The first kappa shape index (κ1) is 80.1. The normalized spacial score (nSPS) is 1.00. The Morgan fingerprint density at radius 2 is 0.750 bits per heavy atom. The van der Waals surface area contributed by atoms with Gasteiger partial charge in [-0.25, -0.2) is 0 Å². The molecule has 0 rings (SSSR count). The van der Waals surface area contributed by atoms with Crippen LogP contribution in [0.4, 0.5) is 0 Å². The average molecular weight is 1340 g/mol. The van der Waals surface area contributed by atoms with Crippen molar-refractivity contribution in [2.24, 2.45) is 5.73 Å². The Labute approximate surface area is 228 Å². The smallest absolute Gasteiger partial charge is 1.00 e. The van der Waals surface area contributed by atoms with Gasteiger partial charge in [0.15, 0.2) is 0 Å². The Kier molecular flexibility index (Phi) is 581. The summed E-state index contributed by atoms with van der Waals surface area (Å²) in [6, 6.07) is 0. The van der Waals surface area contributed by atoms with Gasteiger partial charge < -0.3 is 168 Å². The van der Waals surface area contributed by atoms with Crippen LogP contribution in [0.25, 0.3) is 0 Å². The number of hydrogen-bond donors (Lipinski definition) is 2. The summed E-state index contributed by atoms with van der Waals surface area (Å²) in [5.41, 5.74) is 4.50. The maximum Gasteiger partial charge on any atom is 3.00 e. The molecule has 2 nitrogen and oxygen atoms in total. The van der Waals surface area contributed by atoms with E-state index in [9.17, 15) is 0 Å². The monoisotopic (exact) mass is 1340 g/mol. The molecule has 0 aliphatic carbocycles. The maximum atomic E-state index is 4.50. The van der Waals surface area contributed by atoms with Crippen LogP contribution in [-0.4, -0.2) is 32.5 Å². The Bertz CT molecular complexity index is 28.9. The van der Waals surface area contributed by atoms with Gasteiger partial charge in [0.1, 0.15) is 0 Å². The Balaban J connectivity index is -0.000000000556. The minimum Gasteiger partial charge on any atom is -1.00 e. The molecule has 0 saturated heterocycles. The van der Waals surface area contributed by atoms with Crippen molar-refractivity contribution in [3.05, 3.63) is 0 Å². The predicted octanol–water partition coefficient (Wildman–Crippen LogP) is -23.6. The summed E-state index contributed by atoms with van der Waals surface area (Å²) in [6.07, 6.45) is 1.00. The van der Waals surface area contributed by atoms with Gasteiger partial charge in [0, 0.05) is 0 Å². The van der Waals surface area contributed by atoms with Crippen molar-refractivity contribution in [3.63, 3.8) is 0 Å². The quantitative estimate of drug-likeness (QED) is 0.108. The fourth-order valence-electron chi connectivity index (χ4n) is 0. The number of hydrogen-bond acceptors (Lipinski definition) is 0. The zero-order valence-electron chi connectivity index (χ0n) is 5.13. The zero-order chi connectivity index (χ0) is 2.71. The summed E-state index contributed by atoms with van der Waals surface area (Å²) in [4.78, 5) is 0. The van der Waals surface area contributed by atoms with E-state index in [1.807, 2.05) is 0 Å². The van der Waals surface area contributed by atoms with Gasteiger partial charge in [-0.05, 0) is 0 Å². The van der Waals surface area contributed by atoms with Crippen LogP contribution in [0.15, 0.2) is 0 Å². The van der Waals surface area contributed by atoms with Crippen LogP contribution in [-0.2, 0) is 22.4 Å². The third-order valence-electron chi connectivity index (χ3n) is 0. The van der Waals surface area contributed by atoms with Gasteiger partial charge in [-0.1, -0.05) is 0 Å². The number of halogens is 7. The molecule has 84 valence electrons. The van der Waals surface area contributed by atoms with Crippen molar-refractivity contribution in [1.82, 2.24) is 0 Å². The zero-order valence-corrected chi connectivity index (χ0v) is 25.9. The largest absolute Gasteiger partial charge is 3.00 e. The molecular formula is CH5AuBiI7N2. The molecule has 0 aliphatic rings. The molecule has 0 aromatic carbocycles. The third-order valence-corrected chi connectivity index (χ3v) is 0. The Hall–Kier alpha value is 6.20. The summed E-state index contributed by atoms with van der Waals surface area (Å²) in [5, 5.41) is 4.50. The molecule has 0 fully saturated rings. The second-order valence-corrected chi connectivity index (χ2v) is 0.192. The van der Waals surface area contributed by atoms with Crippen LogP contribution in [0.1, 0.15) is 0 Å². The maximum absolute atomic E-state index is 4.50. The molecule has 11 heteroatoms. The van der Waals surface area contributed by atoms with Gasteiger partial charge in [-0.15, -0.1) is 0 Å². The van der Waals surface area contributed by atoms with E-state index in [1.54, 1.807) is 0 Å². The van der Waals surface area contributed by atoms with Crippen LogP contribution in [0, 0.1) is 0 Å². The minimum atomic E-state index is 0. The van der Waals surface area contributed by atoms with E-state index >= 15 is 0 Å². The molecule has 0 saturated carbocycles. The molecule has 0 aromatic heterocycles. The van der Waals surface area contributed by atoms with Crippen molar-refractivity contribution in [3.8, 4) is 0 Å². The van der Waals surface area contributed by atoms with Gasteiger partial charge in [0.25, 0.3) is 0 Å². The first-order chi connectivity index (χ1) is 1.41. The molecule has 0 aliphatic heterocycles. The van der Waals surface area contributed by atoms with Crippen molar-refractivity contribution in [2.75, 3.05) is 0 Å². The second-order valence-electron chi connectivity index (χ2n) is 0.192. The van der Waals surface area contributed by atoms with Crippen LogP contribution in [0.5, 0.6) is 0 Å². The molecule has 0 bridgehead atoms. The van der Waals surface area contributed by atoms with Crippen LogP contribution >= 0.6 is 0 Å². The van der Waals surface area contributed by atoms with E-state index in [1.165, 1.54) is 0 Å². The summed E-state index contributed by atoms with van der Waals surface area (Å²) in [6.45, 7) is 0. The van der Waals surface area contributed by atoms with Crippen molar-refractivity contribution in [1.29, 1.82) is 0 Å². The molecule has 0 aromatic rings. The van der Waals surface area contributed by atoms with Gasteiger partial charge in [-0.3, -0.25) is 11.1 Å². The van der Waals surface area contributed by atoms with E-state index in [0.717, 1.165) is 6.34 Å². The molecule has 0 atom stereocenters. The van der Waals surface area contributed by atoms with Crippen LogP contribution in [0.3, 0.4) is 0 Å². The van der Waals surface area contributed by atoms with E-state index in [4.69, 9.17) is 0 Å². The molecule has 2 radical (unpaired) electrons. The van der Waals surface area contributed by atoms with Crippen LogP contribution in [0.2, 0.25) is 0 Å². The van der Waals surface area contributed by atoms with Gasteiger partial charge >= 0.3 is 48.6 Å². The van der Waals surface area contributed by atoms with Crippen molar-refractivity contribution >= 4 is 32.5 Å². The Morgan fingerprint density at radius 1 is 0.750 bits per heavy atom.